The molecular weight excluding hydrogens is 324 g/mol. The number of nitrogens with one attached hydrogen (secondary N) is 2. The van der Waals surface area contributed by atoms with Crippen LogP contribution in [0.15, 0.2) is 35.3 Å². The third kappa shape index (κ3) is 5.11. The van der Waals surface area contributed by atoms with Gasteiger partial charge in [-0.1, -0.05) is 18.2 Å². The summed E-state index contributed by atoms with van der Waals surface area (Å²) in [6.45, 7) is 9.98. The molecule has 144 valence electrons. The van der Waals surface area contributed by atoms with Crippen molar-refractivity contribution in [2.75, 3.05) is 64.8 Å². The molecule has 26 heavy (non-hydrogen) atoms. The Bertz CT molecular complexity index is 567. The summed E-state index contributed by atoms with van der Waals surface area (Å²) in [4.78, 5) is 11.8. The van der Waals surface area contributed by atoms with Crippen LogP contribution in [0.5, 0.6) is 0 Å². The summed E-state index contributed by atoms with van der Waals surface area (Å²) in [5, 5.41) is 7.13. The first-order valence-corrected chi connectivity index (χ1v) is 9.85. The van der Waals surface area contributed by atoms with Crippen LogP contribution in [0.1, 0.15) is 13.3 Å². The molecule has 1 aromatic carbocycles. The van der Waals surface area contributed by atoms with Crippen molar-refractivity contribution in [3.8, 4) is 0 Å². The highest BCUT2D eigenvalue weighted by Gasteiger charge is 2.24. The average molecular weight is 359 g/mol. The number of para-hydroxylation sites is 1. The lowest BCUT2D eigenvalue weighted by molar-refractivity contribution is 0.120. The van der Waals surface area contributed by atoms with Gasteiger partial charge in [-0.3, -0.25) is 9.89 Å². The molecule has 2 aliphatic rings. The summed E-state index contributed by atoms with van der Waals surface area (Å²) in [7, 11) is 4.06. The predicted molar refractivity (Wildman–Crippen MR) is 110 cm³/mol. The highest BCUT2D eigenvalue weighted by atomic mass is 15.3. The van der Waals surface area contributed by atoms with Gasteiger partial charge in [0.25, 0.3) is 0 Å². The summed E-state index contributed by atoms with van der Waals surface area (Å²) < 4.78 is 0. The molecule has 2 unspecified atom stereocenters. The molecule has 0 aromatic heterocycles. The number of likely N-dealkylation sites (N-methyl/N-ethyl adjacent to an activating group) is 1. The molecule has 0 radical (unpaired) electrons. The predicted octanol–water partition coefficient (Wildman–Crippen LogP) is 1.07. The second-order valence-corrected chi connectivity index (χ2v) is 7.55. The molecule has 0 saturated carbocycles. The zero-order chi connectivity index (χ0) is 18.4. The van der Waals surface area contributed by atoms with Crippen LogP contribution in [0.4, 0.5) is 5.69 Å². The van der Waals surface area contributed by atoms with Crippen LogP contribution in [0, 0.1) is 0 Å². The van der Waals surface area contributed by atoms with E-state index in [1.807, 2.05) is 7.05 Å². The Morgan fingerprint density at radius 2 is 1.88 bits per heavy atom. The lowest BCUT2D eigenvalue weighted by Gasteiger charge is -2.36. The standard InChI is InChI=1S/C20H34N6/c1-17(25-13-11-24(3)12-14-25)15-22-20(21-2)23-18-9-10-26(16-18)19-7-5-4-6-8-19/h4-8,17-18H,9-16H2,1-3H3,(H2,21,22,23). The number of aliphatic imine (C=N–C) groups is 1. The maximum Gasteiger partial charge on any atom is 0.191 e. The van der Waals surface area contributed by atoms with Crippen LogP contribution in [0.2, 0.25) is 0 Å². The van der Waals surface area contributed by atoms with E-state index in [0.29, 0.717) is 12.1 Å². The molecule has 2 N–H and O–H groups in total. The molecule has 1 aromatic rings. The van der Waals surface area contributed by atoms with Gasteiger partial charge >= 0.3 is 0 Å². The van der Waals surface area contributed by atoms with Gasteiger partial charge < -0.3 is 20.4 Å². The number of hydrogen-bond acceptors (Lipinski definition) is 4. The first-order chi connectivity index (χ1) is 12.7. The van der Waals surface area contributed by atoms with Crippen molar-refractivity contribution in [1.29, 1.82) is 0 Å². The molecule has 0 bridgehead atoms. The number of piperazine rings is 1. The fraction of sp³-hybridized carbons (Fsp3) is 0.650. The Kier molecular flexibility index (Phi) is 6.74. The summed E-state index contributed by atoms with van der Waals surface area (Å²) in [5.74, 6) is 0.922. The van der Waals surface area contributed by atoms with Gasteiger partial charge in [0.2, 0.25) is 0 Å². The monoisotopic (exact) mass is 358 g/mol. The van der Waals surface area contributed by atoms with E-state index in [1.165, 1.54) is 5.69 Å². The first-order valence-electron chi connectivity index (χ1n) is 9.85. The Morgan fingerprint density at radius 3 is 2.58 bits per heavy atom. The van der Waals surface area contributed by atoms with E-state index < -0.39 is 0 Å². The van der Waals surface area contributed by atoms with Gasteiger partial charge in [0.05, 0.1) is 0 Å². The third-order valence-corrected chi connectivity index (χ3v) is 5.60. The minimum Gasteiger partial charge on any atom is -0.369 e. The van der Waals surface area contributed by atoms with E-state index >= 15 is 0 Å². The maximum atomic E-state index is 4.43. The van der Waals surface area contributed by atoms with Gasteiger partial charge in [-0.15, -0.1) is 0 Å². The molecule has 3 rings (SSSR count). The molecule has 2 atom stereocenters. The lowest BCUT2D eigenvalue weighted by Crippen LogP contribution is -2.53. The normalized spacial score (nSPS) is 23.9. The molecule has 6 heteroatoms. The van der Waals surface area contributed by atoms with Crippen molar-refractivity contribution in [2.45, 2.75) is 25.4 Å². The van der Waals surface area contributed by atoms with Crippen LogP contribution >= 0.6 is 0 Å². The van der Waals surface area contributed by atoms with E-state index in [4.69, 9.17) is 0 Å². The highest BCUT2D eigenvalue weighted by Crippen LogP contribution is 2.19. The molecule has 6 nitrogen and oxygen atoms in total. The maximum absolute atomic E-state index is 4.43. The number of rotatable bonds is 5. The number of nitrogens with zero attached hydrogens (tertiary/aromatic N) is 4. The summed E-state index contributed by atoms with van der Waals surface area (Å²) >= 11 is 0. The van der Waals surface area contributed by atoms with Gasteiger partial charge in [0, 0.05) is 70.6 Å². The lowest BCUT2D eigenvalue weighted by atomic mass is 10.2. The molecule has 2 heterocycles. The molecule has 0 spiro atoms. The van der Waals surface area contributed by atoms with Crippen molar-refractivity contribution in [2.24, 2.45) is 4.99 Å². The van der Waals surface area contributed by atoms with Crippen molar-refractivity contribution in [1.82, 2.24) is 20.4 Å². The minimum absolute atomic E-state index is 0.445. The minimum atomic E-state index is 0.445. The molecule has 0 aliphatic carbocycles. The van der Waals surface area contributed by atoms with Crippen LogP contribution in [-0.4, -0.2) is 87.8 Å². The zero-order valence-electron chi connectivity index (χ0n) is 16.5. The summed E-state index contributed by atoms with van der Waals surface area (Å²) in [6, 6.07) is 11.6. The van der Waals surface area contributed by atoms with E-state index in [0.717, 1.165) is 58.2 Å². The van der Waals surface area contributed by atoms with Gasteiger partial charge in [-0.2, -0.15) is 0 Å². The molecule has 2 aliphatic heterocycles. The zero-order valence-corrected chi connectivity index (χ0v) is 16.5. The fourth-order valence-electron chi connectivity index (χ4n) is 3.78. The molecular formula is C20H34N6. The molecule has 2 saturated heterocycles. The Hall–Kier alpha value is -1.79. The van der Waals surface area contributed by atoms with Crippen molar-refractivity contribution < 1.29 is 0 Å². The Balaban J connectivity index is 1.42. The highest BCUT2D eigenvalue weighted by molar-refractivity contribution is 5.80. The van der Waals surface area contributed by atoms with Crippen LogP contribution in [0.25, 0.3) is 0 Å². The molecule has 2 fully saturated rings. The number of hydrogen-bond donors (Lipinski definition) is 2. The van der Waals surface area contributed by atoms with Gasteiger partial charge in [0.1, 0.15) is 0 Å². The Morgan fingerprint density at radius 1 is 1.15 bits per heavy atom. The Labute approximate surface area is 158 Å². The first kappa shape index (κ1) is 19.0. The van der Waals surface area contributed by atoms with Crippen molar-refractivity contribution in [3.05, 3.63) is 30.3 Å². The second kappa shape index (κ2) is 9.24. The van der Waals surface area contributed by atoms with Crippen LogP contribution in [0.3, 0.4) is 0 Å². The van der Waals surface area contributed by atoms with E-state index in [9.17, 15) is 0 Å². The van der Waals surface area contributed by atoms with Crippen molar-refractivity contribution >= 4 is 11.6 Å². The average Bonchev–Trinajstić information content (AvgIpc) is 3.14. The van der Waals surface area contributed by atoms with Gasteiger partial charge in [-0.25, -0.2) is 0 Å². The van der Waals surface area contributed by atoms with E-state index in [-0.39, 0.29) is 0 Å². The van der Waals surface area contributed by atoms with E-state index in [2.05, 4.69) is 74.6 Å². The van der Waals surface area contributed by atoms with Gasteiger partial charge in [0.15, 0.2) is 5.96 Å². The van der Waals surface area contributed by atoms with Crippen LogP contribution in [-0.2, 0) is 0 Å². The SMILES string of the molecule is CN=C(NCC(C)N1CCN(C)CC1)NC1CCN(c2ccccc2)C1. The third-order valence-electron chi connectivity index (χ3n) is 5.60. The topological polar surface area (TPSA) is 46.1 Å². The second-order valence-electron chi connectivity index (χ2n) is 7.55. The largest absolute Gasteiger partial charge is 0.369 e. The number of benzene rings is 1. The van der Waals surface area contributed by atoms with Crippen LogP contribution < -0.4 is 15.5 Å². The fourth-order valence-corrected chi connectivity index (χ4v) is 3.78. The summed E-state index contributed by atoms with van der Waals surface area (Å²) in [5.41, 5.74) is 1.31. The quantitative estimate of drug-likeness (QED) is 0.609. The molecule has 0 amide bonds. The summed E-state index contributed by atoms with van der Waals surface area (Å²) in [6.07, 6.45) is 1.14. The number of anilines is 1. The smallest absolute Gasteiger partial charge is 0.191 e. The van der Waals surface area contributed by atoms with Crippen molar-refractivity contribution in [3.63, 3.8) is 0 Å². The van der Waals surface area contributed by atoms with E-state index in [1.54, 1.807) is 0 Å². The van der Waals surface area contributed by atoms with Gasteiger partial charge in [-0.05, 0) is 32.5 Å². The number of guanidine groups is 1.